The highest BCUT2D eigenvalue weighted by Gasteiger charge is 2.29. The number of amides is 1. The highest BCUT2D eigenvalue weighted by molar-refractivity contribution is 9.10. The maximum absolute atomic E-state index is 13.4. The molecular weight excluding hydrogens is 565 g/mol. The van der Waals surface area contributed by atoms with Crippen LogP contribution in [-0.2, 0) is 21.4 Å². The molecule has 0 unspecified atom stereocenters. The average molecular weight is 585 g/mol. The first-order valence-electron chi connectivity index (χ1n) is 9.85. The minimum absolute atomic E-state index is 0.00244. The minimum Gasteiger partial charge on any atom is -0.496 e. The summed E-state index contributed by atoms with van der Waals surface area (Å²) in [4.78, 5) is 12.5. The van der Waals surface area contributed by atoms with Crippen LogP contribution in [0.5, 0.6) is 5.75 Å². The quantitative estimate of drug-likeness (QED) is 0.280. The number of sulfonamides is 1. The van der Waals surface area contributed by atoms with Gasteiger partial charge in [0.15, 0.2) is 0 Å². The van der Waals surface area contributed by atoms with Gasteiger partial charge in [-0.3, -0.25) is 4.79 Å². The molecule has 11 heteroatoms. The van der Waals surface area contributed by atoms with Crippen molar-refractivity contribution in [1.29, 1.82) is 0 Å². The number of ether oxygens (including phenoxy) is 1. The highest BCUT2D eigenvalue weighted by atomic mass is 79.9. The number of nitrogens with one attached hydrogen (secondary N) is 1. The summed E-state index contributed by atoms with van der Waals surface area (Å²) in [5.41, 5.74) is 3.68. The smallest absolute Gasteiger partial charge is 0.255 e. The van der Waals surface area contributed by atoms with Gasteiger partial charge in [-0.1, -0.05) is 69.5 Å². The van der Waals surface area contributed by atoms with Gasteiger partial charge in [0.1, 0.15) is 10.6 Å². The summed E-state index contributed by atoms with van der Waals surface area (Å²) in [5.74, 6) is -0.0760. The van der Waals surface area contributed by atoms with Crippen LogP contribution in [0.3, 0.4) is 0 Å². The summed E-state index contributed by atoms with van der Waals surface area (Å²) >= 11 is 15.5. The van der Waals surface area contributed by atoms with Crippen molar-refractivity contribution in [2.45, 2.75) is 11.4 Å². The molecule has 0 saturated carbocycles. The number of hydrazone groups is 1. The van der Waals surface area contributed by atoms with Gasteiger partial charge in [0.2, 0.25) is 10.0 Å². The zero-order valence-corrected chi connectivity index (χ0v) is 21.8. The van der Waals surface area contributed by atoms with Crippen molar-refractivity contribution in [3.8, 4) is 5.75 Å². The maximum atomic E-state index is 13.4. The molecular formula is C23H20BrCl2N3O4S. The van der Waals surface area contributed by atoms with E-state index in [1.807, 2.05) is 12.1 Å². The molecule has 178 valence electrons. The van der Waals surface area contributed by atoms with Crippen LogP contribution in [-0.4, -0.2) is 38.5 Å². The van der Waals surface area contributed by atoms with E-state index in [-0.39, 0.29) is 21.5 Å². The van der Waals surface area contributed by atoms with Crippen molar-refractivity contribution in [2.24, 2.45) is 5.10 Å². The van der Waals surface area contributed by atoms with E-state index in [4.69, 9.17) is 27.9 Å². The topological polar surface area (TPSA) is 88.1 Å². The van der Waals surface area contributed by atoms with Gasteiger partial charge in [0.25, 0.3) is 5.91 Å². The van der Waals surface area contributed by atoms with Gasteiger partial charge in [0.05, 0.1) is 24.9 Å². The Morgan fingerprint density at radius 1 is 1.12 bits per heavy atom. The van der Waals surface area contributed by atoms with E-state index in [2.05, 4.69) is 26.5 Å². The number of hydrogen-bond acceptors (Lipinski definition) is 5. The third kappa shape index (κ3) is 6.80. The molecule has 0 saturated heterocycles. The monoisotopic (exact) mass is 583 g/mol. The van der Waals surface area contributed by atoms with Crippen LogP contribution in [0.15, 0.2) is 81.2 Å². The van der Waals surface area contributed by atoms with Crippen molar-refractivity contribution in [3.63, 3.8) is 0 Å². The lowest BCUT2D eigenvalue weighted by Crippen LogP contribution is -2.39. The summed E-state index contributed by atoms with van der Waals surface area (Å²) in [6.45, 7) is -0.546. The molecule has 0 aliphatic carbocycles. The number of benzene rings is 3. The second-order valence-corrected chi connectivity index (χ2v) is 10.7. The summed E-state index contributed by atoms with van der Waals surface area (Å²) in [6.07, 6.45) is 1.41. The maximum Gasteiger partial charge on any atom is 0.255 e. The van der Waals surface area contributed by atoms with Crippen molar-refractivity contribution in [2.75, 3.05) is 13.7 Å². The number of nitrogens with zero attached hydrogens (tertiary/aromatic N) is 2. The molecule has 34 heavy (non-hydrogen) atoms. The van der Waals surface area contributed by atoms with Crippen LogP contribution in [0.1, 0.15) is 11.1 Å². The molecule has 3 aromatic carbocycles. The standard InChI is InChI=1S/C23H20BrCl2N3O4S/c1-33-21-10-7-18(24)11-17(21)13-27-28-23(30)15-29(14-16-5-3-2-4-6-16)34(31,32)22-12-19(25)8-9-20(22)26/h2-13H,14-15H2,1H3,(H,28,30)/b27-13+. The molecule has 1 amide bonds. The Labute approximate surface area is 216 Å². The molecule has 0 radical (unpaired) electrons. The Hall–Kier alpha value is -2.43. The van der Waals surface area contributed by atoms with E-state index in [9.17, 15) is 13.2 Å². The Morgan fingerprint density at radius 2 is 1.85 bits per heavy atom. The van der Waals surface area contributed by atoms with Gasteiger partial charge >= 0.3 is 0 Å². The molecule has 0 aliphatic rings. The predicted molar refractivity (Wildman–Crippen MR) is 137 cm³/mol. The van der Waals surface area contributed by atoms with E-state index in [0.717, 1.165) is 8.78 Å². The molecule has 0 aliphatic heterocycles. The predicted octanol–water partition coefficient (Wildman–Crippen LogP) is 5.11. The van der Waals surface area contributed by atoms with Gasteiger partial charge in [-0.2, -0.15) is 9.41 Å². The van der Waals surface area contributed by atoms with E-state index in [1.165, 1.54) is 31.5 Å². The minimum atomic E-state index is -4.16. The van der Waals surface area contributed by atoms with Crippen molar-refractivity contribution in [3.05, 3.63) is 92.4 Å². The van der Waals surface area contributed by atoms with Crippen LogP contribution >= 0.6 is 39.1 Å². The van der Waals surface area contributed by atoms with E-state index < -0.39 is 22.5 Å². The SMILES string of the molecule is COc1ccc(Br)cc1/C=N/NC(=O)CN(Cc1ccccc1)S(=O)(=O)c1cc(Cl)ccc1Cl. The second kappa shape index (κ2) is 11.8. The molecule has 7 nitrogen and oxygen atoms in total. The zero-order valence-electron chi connectivity index (χ0n) is 17.9. The zero-order chi connectivity index (χ0) is 24.7. The Kier molecular flexibility index (Phi) is 9.10. The normalized spacial score (nSPS) is 11.7. The lowest BCUT2D eigenvalue weighted by molar-refractivity contribution is -0.121. The molecule has 0 fully saturated rings. The fraction of sp³-hybridized carbons (Fsp3) is 0.130. The first-order chi connectivity index (χ1) is 16.2. The molecule has 0 spiro atoms. The number of carbonyl (C=O) groups is 1. The number of methoxy groups -OCH3 is 1. The Morgan fingerprint density at radius 3 is 2.56 bits per heavy atom. The van der Waals surface area contributed by atoms with Crippen LogP contribution in [0, 0.1) is 0 Å². The summed E-state index contributed by atoms with van der Waals surface area (Å²) in [6, 6.07) is 18.4. The fourth-order valence-corrected chi connectivity index (χ4v) is 5.50. The van der Waals surface area contributed by atoms with Crippen LogP contribution in [0.25, 0.3) is 0 Å². The molecule has 1 N–H and O–H groups in total. The Balaban J connectivity index is 1.83. The third-order valence-electron chi connectivity index (χ3n) is 4.62. The van der Waals surface area contributed by atoms with Crippen molar-refractivity contribution in [1.82, 2.24) is 9.73 Å². The first kappa shape index (κ1) is 26.2. The van der Waals surface area contributed by atoms with Gasteiger partial charge in [-0.05, 0) is 42.0 Å². The summed E-state index contributed by atoms with van der Waals surface area (Å²) < 4.78 is 33.9. The number of halogens is 3. The van der Waals surface area contributed by atoms with E-state index in [1.54, 1.807) is 36.4 Å². The fourth-order valence-electron chi connectivity index (χ4n) is 3.00. The van der Waals surface area contributed by atoms with Crippen LogP contribution in [0.2, 0.25) is 10.0 Å². The van der Waals surface area contributed by atoms with Gasteiger partial charge in [0, 0.05) is 21.6 Å². The van der Waals surface area contributed by atoms with Gasteiger partial charge in [-0.15, -0.1) is 0 Å². The van der Waals surface area contributed by atoms with E-state index in [0.29, 0.717) is 16.9 Å². The largest absolute Gasteiger partial charge is 0.496 e. The summed E-state index contributed by atoms with van der Waals surface area (Å²) in [5, 5.41) is 4.15. The second-order valence-electron chi connectivity index (χ2n) is 7.01. The number of rotatable bonds is 9. The Bertz CT molecular complexity index is 1300. The first-order valence-corrected chi connectivity index (χ1v) is 12.8. The lowest BCUT2D eigenvalue weighted by atomic mass is 10.2. The van der Waals surface area contributed by atoms with Gasteiger partial charge < -0.3 is 4.74 Å². The molecule has 0 heterocycles. The van der Waals surface area contributed by atoms with E-state index >= 15 is 0 Å². The average Bonchev–Trinajstić information content (AvgIpc) is 2.81. The number of hydrogen-bond donors (Lipinski definition) is 1. The lowest BCUT2D eigenvalue weighted by Gasteiger charge is -2.22. The van der Waals surface area contributed by atoms with Crippen LogP contribution in [0.4, 0.5) is 0 Å². The summed E-state index contributed by atoms with van der Waals surface area (Å²) in [7, 11) is -2.64. The third-order valence-corrected chi connectivity index (χ3v) is 7.62. The van der Waals surface area contributed by atoms with Crippen LogP contribution < -0.4 is 10.2 Å². The van der Waals surface area contributed by atoms with Crippen molar-refractivity contribution < 1.29 is 17.9 Å². The molecule has 0 bridgehead atoms. The van der Waals surface area contributed by atoms with Gasteiger partial charge in [-0.25, -0.2) is 13.8 Å². The molecule has 3 rings (SSSR count). The number of carbonyl (C=O) groups excluding carboxylic acids is 1. The molecule has 3 aromatic rings. The molecule has 0 aromatic heterocycles. The molecule has 0 atom stereocenters. The highest BCUT2D eigenvalue weighted by Crippen LogP contribution is 2.28. The van der Waals surface area contributed by atoms with Crippen molar-refractivity contribution >= 4 is 61.3 Å².